The van der Waals surface area contributed by atoms with Crippen LogP contribution in [0.3, 0.4) is 0 Å². The highest BCUT2D eigenvalue weighted by Gasteiger charge is 2.03. The van der Waals surface area contributed by atoms with E-state index in [4.69, 9.17) is 30.9 Å². The van der Waals surface area contributed by atoms with Crippen molar-refractivity contribution in [3.63, 3.8) is 0 Å². The molecule has 0 saturated carbocycles. The zero-order valence-corrected chi connectivity index (χ0v) is 77.8. The van der Waals surface area contributed by atoms with Crippen LogP contribution in [0.4, 0.5) is 0 Å². The van der Waals surface area contributed by atoms with Crippen LogP contribution in [0.15, 0.2) is 328 Å². The molecule has 0 aromatic heterocycles. The summed E-state index contributed by atoms with van der Waals surface area (Å²) in [6.45, 7) is 11.2. The lowest BCUT2D eigenvalue weighted by molar-refractivity contribution is -0.264. The number of carboxylic acids is 4. The molecular formula is C111H156O18. The Balaban J connectivity index is -0.000000497. The van der Waals surface area contributed by atoms with E-state index in [2.05, 4.69) is 194 Å². The summed E-state index contributed by atoms with van der Waals surface area (Å²) in [4.78, 5) is 60.0. The zero-order valence-electron chi connectivity index (χ0n) is 77.8. The molecule has 708 valence electrons. The Kier molecular flexibility index (Phi) is 110. The molecule has 0 aliphatic carbocycles. The number of carbonyl (C=O) groups is 5. The van der Waals surface area contributed by atoms with E-state index >= 15 is 0 Å². The van der Waals surface area contributed by atoms with Gasteiger partial charge >= 0.3 is 23.9 Å². The average molecular weight is 1780 g/mol. The summed E-state index contributed by atoms with van der Waals surface area (Å²) in [6, 6.07) is 0. The number of carboxylic acid groups (broad SMARTS) is 4. The lowest BCUT2D eigenvalue weighted by Crippen LogP contribution is -2.05. The number of aliphatic hydroxyl groups is 4. The number of rotatable bonds is 68. The van der Waals surface area contributed by atoms with Gasteiger partial charge in [0.25, 0.3) is 6.47 Å². The highest BCUT2D eigenvalue weighted by Crippen LogP contribution is 2.09. The van der Waals surface area contributed by atoms with Crippen molar-refractivity contribution in [2.45, 2.75) is 290 Å². The van der Waals surface area contributed by atoms with E-state index in [-0.39, 0.29) is 31.8 Å². The first-order valence-corrected chi connectivity index (χ1v) is 45.3. The van der Waals surface area contributed by atoms with Crippen molar-refractivity contribution in [1.29, 1.82) is 0 Å². The lowest BCUT2D eigenvalue weighted by Gasteiger charge is -2.04. The van der Waals surface area contributed by atoms with E-state index in [1.165, 1.54) is 0 Å². The van der Waals surface area contributed by atoms with Crippen molar-refractivity contribution in [3.05, 3.63) is 328 Å². The number of unbranched alkanes of at least 4 members (excludes halogenated alkanes) is 1. The summed E-state index contributed by atoms with van der Waals surface area (Å²) in [5.41, 5.74) is 0. The third-order valence-electron chi connectivity index (χ3n) is 16.1. The molecule has 0 unspecified atom stereocenters. The molecule has 0 aliphatic rings. The third kappa shape index (κ3) is 125. The van der Waals surface area contributed by atoms with Gasteiger partial charge in [-0.15, -0.1) is 23.7 Å². The van der Waals surface area contributed by atoms with Gasteiger partial charge in [-0.3, -0.25) is 34.5 Å². The number of ether oxygens (including phenoxy) is 1. The molecule has 0 heterocycles. The van der Waals surface area contributed by atoms with Gasteiger partial charge < -0.3 is 45.6 Å². The van der Waals surface area contributed by atoms with Crippen LogP contribution in [-0.4, -0.2) is 119 Å². The number of allylic oxidation sites excluding steroid dienone is 44. The predicted molar refractivity (Wildman–Crippen MR) is 537 cm³/mol. The van der Waals surface area contributed by atoms with Crippen LogP contribution in [0, 0.1) is 35.5 Å². The summed E-state index contributed by atoms with van der Waals surface area (Å²) < 4.78 is 4.56. The Morgan fingerprint density at radius 3 is 0.992 bits per heavy atom. The minimum Gasteiger partial charge on any atom is -0.512 e. The van der Waals surface area contributed by atoms with E-state index in [1.54, 1.807) is 36.5 Å². The standard InChI is InChI=1S/C23H32O2.C22H32O5.2C22H30O4.C22H32O3/c1-2-3-4-5-6-7-8-9-10-11-12-13-14-15-16-17-18-19-20-21-22-23(24)25;1-2-3-10-15-21(24)16-11-7-5-4-6-8-12-17-22(27-25)18-13-9-14-19-26-20-23;1-2-3-10-15-20(23)16-11-7-5-4-6-8-12-17-21(24)18-13-9-14-19-22(25)26;1-2-3-15-18-21(26-25)19-16-13-11-9-7-5-4-6-8-10-12-14-17-20-22(23)24;1-2-3-4-15-18-21(23)19-16-13-11-9-7-5-6-8-10-12-14-17-20-22(24)25/h3-4,6-7,9-10,12-13,15-16H,2,5,8,11,14,17,20-22H2,1H3,(H,24,25);3,5-13,16-17,20-22,24-25H,2,4,14-15,18-19H2,1H3;3,5-8,10-12,16-17,20-21,23-24H,2,4,14-15,18-19H2,1H3,(H,25,26);3,5-8,11,13,15-16,19,21,25H,2,4,9-10,17-18,20H2,1H3,(H,23,24);3-4,6-9,12-14,16,19,23H,2,5,10-11,15,17-18,20H2,1H3,(H,24,25)/b4-3-,7-6-,10-9-,13-12-,16-15-;7-5-,8-6-,10-3-,13-9-,16-11+,17-12+;7-5-,8-6-,10-3-,16-11+,17-12+;7-5-,8-6-,13-11-,15-3-,19-16+;4-3-,8-6-,9-7-,14-12-,16-13-,21-19-/t;21-,22+;20-,21+;21-;/m.100./s1. The van der Waals surface area contributed by atoms with Gasteiger partial charge in [0, 0.05) is 57.8 Å². The second-order valence-corrected chi connectivity index (χ2v) is 27.7. The summed E-state index contributed by atoms with van der Waals surface area (Å²) in [7, 11) is 0. The van der Waals surface area contributed by atoms with Gasteiger partial charge in [-0.25, -0.2) is 9.78 Å². The van der Waals surface area contributed by atoms with Crippen molar-refractivity contribution < 1.29 is 89.9 Å². The first-order chi connectivity index (χ1) is 62.9. The molecule has 0 bridgehead atoms. The molecule has 10 N–H and O–H groups in total. The van der Waals surface area contributed by atoms with Crippen LogP contribution in [-0.2, 0) is 38.5 Å². The van der Waals surface area contributed by atoms with E-state index in [9.17, 15) is 44.4 Å². The maximum absolute atomic E-state index is 10.3. The van der Waals surface area contributed by atoms with Gasteiger partial charge in [0.05, 0.1) is 43.5 Å². The lowest BCUT2D eigenvalue weighted by atomic mass is 10.2. The highest BCUT2D eigenvalue weighted by molar-refractivity contribution is 5.68. The molecule has 0 spiro atoms. The van der Waals surface area contributed by atoms with Crippen molar-refractivity contribution in [3.8, 4) is 35.5 Å². The maximum atomic E-state index is 10.3. The second kappa shape index (κ2) is 113. The Morgan fingerprint density at radius 1 is 0.287 bits per heavy atom. The largest absolute Gasteiger partial charge is 0.512 e. The summed E-state index contributed by atoms with van der Waals surface area (Å²) in [5, 5.41) is 90.2. The number of carbonyl (C=O) groups excluding carboxylic acids is 1. The number of aliphatic hydroxyl groups excluding tert-OH is 4. The monoisotopic (exact) mass is 1780 g/mol. The van der Waals surface area contributed by atoms with Gasteiger partial charge in [-0.2, -0.15) is 0 Å². The van der Waals surface area contributed by atoms with Crippen LogP contribution in [0.5, 0.6) is 0 Å². The van der Waals surface area contributed by atoms with Crippen molar-refractivity contribution in [2.24, 2.45) is 0 Å². The molecule has 0 aromatic carbocycles. The number of hydrogen-bond donors (Lipinski definition) is 10. The van der Waals surface area contributed by atoms with E-state index < -0.39 is 48.3 Å². The normalized spacial score (nSPS) is 13.7. The fourth-order valence-electron chi connectivity index (χ4n) is 9.30. The first kappa shape index (κ1) is 126. The second-order valence-electron chi connectivity index (χ2n) is 27.7. The van der Waals surface area contributed by atoms with Gasteiger partial charge in [0.1, 0.15) is 12.2 Å². The molecule has 5 atom stereocenters. The Morgan fingerprint density at radius 2 is 0.589 bits per heavy atom. The highest BCUT2D eigenvalue weighted by atomic mass is 17.1. The van der Waals surface area contributed by atoms with Crippen LogP contribution in [0.1, 0.15) is 259 Å². The fraction of sp³-hybridized carbons (Fsp3) is 0.414. The molecule has 0 amide bonds. The molecule has 0 rings (SSSR count). The van der Waals surface area contributed by atoms with Gasteiger partial charge in [-0.1, -0.05) is 362 Å². The molecule has 129 heavy (non-hydrogen) atoms. The number of aliphatic carboxylic acids is 4. The quantitative estimate of drug-likeness (QED) is 0.00395. The first-order valence-electron chi connectivity index (χ1n) is 45.3. The van der Waals surface area contributed by atoms with E-state index in [0.717, 1.165) is 116 Å². The summed E-state index contributed by atoms with van der Waals surface area (Å²) in [5.74, 6) is 14.5. The van der Waals surface area contributed by atoms with Crippen molar-refractivity contribution in [2.75, 3.05) is 6.61 Å². The molecule has 0 aliphatic heterocycles. The van der Waals surface area contributed by atoms with Crippen LogP contribution < -0.4 is 0 Å². The van der Waals surface area contributed by atoms with Crippen LogP contribution in [0.25, 0.3) is 0 Å². The SMILES string of the molecule is CC/C=C\C/C=C\C/C=C\C/C=C\C/C=C\CC#CCCCC(=O)O.CC/C=C\CC/C(O)=C/C=C\C/C=C\C/C=C\C/C=C\CCC(=O)O.CC/C=C\C[C@@H](/C=C/C=C\C/C=C\C/C=C\CC#CCCC(=O)O)OO.CC/C=C\C[C@@H](O)/C=C/C=C\C/C=C\C=C\[C@@H](C/C=C\CCOC=O)OO.CC/C=C\C[C@H](O)/C=C/C=C\C/C=C\C=C\[C@@H](O)CC#CCCC(=O)O. The van der Waals surface area contributed by atoms with Crippen molar-refractivity contribution >= 4 is 30.3 Å². The van der Waals surface area contributed by atoms with Gasteiger partial charge in [0.2, 0.25) is 0 Å². The molecule has 18 heteroatoms. The van der Waals surface area contributed by atoms with Crippen molar-refractivity contribution in [1.82, 2.24) is 0 Å². The van der Waals surface area contributed by atoms with Crippen LogP contribution >= 0.6 is 0 Å². The smallest absolute Gasteiger partial charge is 0.304 e. The third-order valence-corrected chi connectivity index (χ3v) is 16.1. The Hall–Kier alpha value is -11.5. The molecule has 0 radical (unpaired) electrons. The summed E-state index contributed by atoms with van der Waals surface area (Å²) >= 11 is 0. The minimum absolute atomic E-state index is 0.0270. The number of hydrogen-bond acceptors (Lipinski definition) is 14. The zero-order chi connectivity index (χ0) is 95.8. The Bertz CT molecular complexity index is 3810. The molecule has 0 fully saturated rings. The topological polar surface area (TPSA) is 315 Å². The fourth-order valence-corrected chi connectivity index (χ4v) is 9.30. The average Bonchev–Trinajstić information content (AvgIpc) is 0.935. The van der Waals surface area contributed by atoms with Crippen LogP contribution in [0.2, 0.25) is 0 Å². The Labute approximate surface area is 775 Å². The minimum atomic E-state index is -0.866. The summed E-state index contributed by atoms with van der Waals surface area (Å²) in [6.07, 6.45) is 127. The predicted octanol–water partition coefficient (Wildman–Crippen LogP) is 26.9. The molecule has 0 saturated heterocycles. The van der Waals surface area contributed by atoms with Gasteiger partial charge in [-0.05, 0) is 160 Å². The molecule has 0 aromatic rings. The van der Waals surface area contributed by atoms with E-state index in [0.29, 0.717) is 102 Å². The maximum Gasteiger partial charge on any atom is 0.304 e. The molecule has 18 nitrogen and oxygen atoms in total. The molecular weight excluding hydrogens is 1620 g/mol. The van der Waals surface area contributed by atoms with E-state index in [1.807, 2.05) is 176 Å². The van der Waals surface area contributed by atoms with Gasteiger partial charge in [0.15, 0.2) is 0 Å².